The highest BCUT2D eigenvalue weighted by Gasteiger charge is 2.12. The van der Waals surface area contributed by atoms with Crippen molar-refractivity contribution in [2.45, 2.75) is 25.9 Å². The summed E-state index contributed by atoms with van der Waals surface area (Å²) >= 11 is 0. The Labute approximate surface area is 96.4 Å². The fourth-order valence-electron chi connectivity index (χ4n) is 1.64. The second-order valence-electron chi connectivity index (χ2n) is 4.08. The molecule has 4 N–H and O–H groups in total. The van der Waals surface area contributed by atoms with Crippen LogP contribution in [0.1, 0.15) is 37.0 Å². The molecule has 0 aliphatic carbocycles. The highest BCUT2D eigenvalue weighted by Crippen LogP contribution is 2.29. The van der Waals surface area contributed by atoms with Crippen LogP contribution in [0.5, 0.6) is 5.75 Å². The van der Waals surface area contributed by atoms with Crippen LogP contribution < -0.4 is 16.0 Å². The summed E-state index contributed by atoms with van der Waals surface area (Å²) in [6, 6.07) is 5.70. The van der Waals surface area contributed by atoms with Crippen LogP contribution in [0, 0.1) is 0 Å². The van der Waals surface area contributed by atoms with E-state index in [0.717, 1.165) is 16.9 Å². The number of hydrazine groups is 1. The molecule has 0 aliphatic heterocycles. The highest BCUT2D eigenvalue weighted by molar-refractivity contribution is 5.40. The molecule has 16 heavy (non-hydrogen) atoms. The molecule has 0 aliphatic rings. The molecule has 0 saturated carbocycles. The molecule has 1 rings (SSSR count). The summed E-state index contributed by atoms with van der Waals surface area (Å²) in [6.45, 7) is 4.52. The van der Waals surface area contributed by atoms with Crippen LogP contribution in [-0.4, -0.2) is 18.8 Å². The lowest BCUT2D eigenvalue weighted by Gasteiger charge is -2.16. The first kappa shape index (κ1) is 13.0. The van der Waals surface area contributed by atoms with Crippen LogP contribution >= 0.6 is 0 Å². The van der Waals surface area contributed by atoms with Crippen LogP contribution in [0.25, 0.3) is 0 Å². The van der Waals surface area contributed by atoms with E-state index in [1.54, 1.807) is 7.11 Å². The van der Waals surface area contributed by atoms with Gasteiger partial charge in [-0.25, -0.2) is 0 Å². The molecule has 0 heterocycles. The van der Waals surface area contributed by atoms with Crippen molar-refractivity contribution in [1.82, 2.24) is 5.43 Å². The van der Waals surface area contributed by atoms with Crippen molar-refractivity contribution in [3.05, 3.63) is 29.3 Å². The molecule has 1 aromatic rings. The number of methoxy groups -OCH3 is 1. The number of benzene rings is 1. The number of rotatable bonds is 5. The summed E-state index contributed by atoms with van der Waals surface area (Å²) in [5.41, 5.74) is 4.41. The standard InChI is InChI=1S/C12H20N2O2/c1-8(2)10-6-9(11(15)7-14-13)4-5-12(10)16-3/h4-6,8,11,14-15H,7,13H2,1-3H3. The second-order valence-corrected chi connectivity index (χ2v) is 4.08. The molecule has 1 aromatic carbocycles. The lowest BCUT2D eigenvalue weighted by molar-refractivity contribution is 0.175. The summed E-state index contributed by atoms with van der Waals surface area (Å²) in [6.07, 6.45) is -0.589. The molecule has 0 aromatic heterocycles. The first-order valence-electron chi connectivity index (χ1n) is 5.39. The molecule has 1 atom stereocenters. The lowest BCUT2D eigenvalue weighted by atomic mass is 9.97. The Balaban J connectivity index is 3.01. The number of nitrogens with one attached hydrogen (secondary N) is 1. The summed E-state index contributed by atoms with van der Waals surface area (Å²) in [7, 11) is 1.65. The molecular weight excluding hydrogens is 204 g/mol. The average Bonchev–Trinajstić information content (AvgIpc) is 2.28. The molecular formula is C12H20N2O2. The van der Waals surface area contributed by atoms with Crippen LogP contribution in [0.2, 0.25) is 0 Å². The van der Waals surface area contributed by atoms with Crippen molar-refractivity contribution in [1.29, 1.82) is 0 Å². The third kappa shape index (κ3) is 2.95. The summed E-state index contributed by atoms with van der Waals surface area (Å²) < 4.78 is 5.28. The number of hydrogen-bond acceptors (Lipinski definition) is 4. The number of aliphatic hydroxyl groups excluding tert-OH is 1. The molecule has 0 fully saturated rings. The van der Waals surface area contributed by atoms with E-state index < -0.39 is 6.10 Å². The molecule has 0 bridgehead atoms. The van der Waals surface area contributed by atoms with Gasteiger partial charge in [0, 0.05) is 6.54 Å². The number of nitrogens with two attached hydrogens (primary N) is 1. The Morgan fingerprint density at radius 3 is 2.62 bits per heavy atom. The Morgan fingerprint density at radius 1 is 1.44 bits per heavy atom. The molecule has 0 spiro atoms. The Hall–Kier alpha value is -1.10. The third-order valence-electron chi connectivity index (χ3n) is 2.57. The minimum Gasteiger partial charge on any atom is -0.496 e. The molecule has 90 valence electrons. The van der Waals surface area contributed by atoms with Gasteiger partial charge in [0.15, 0.2) is 0 Å². The number of hydrogen-bond donors (Lipinski definition) is 3. The van der Waals surface area contributed by atoms with Gasteiger partial charge in [-0.1, -0.05) is 19.9 Å². The second kappa shape index (κ2) is 5.84. The van der Waals surface area contributed by atoms with E-state index in [-0.39, 0.29) is 0 Å². The van der Waals surface area contributed by atoms with Crippen LogP contribution in [0.15, 0.2) is 18.2 Å². The fraction of sp³-hybridized carbons (Fsp3) is 0.500. The average molecular weight is 224 g/mol. The lowest BCUT2D eigenvalue weighted by Crippen LogP contribution is -2.27. The van der Waals surface area contributed by atoms with Gasteiger partial charge in [0.05, 0.1) is 13.2 Å². The smallest absolute Gasteiger partial charge is 0.122 e. The summed E-state index contributed by atoms with van der Waals surface area (Å²) in [5.74, 6) is 6.39. The maximum Gasteiger partial charge on any atom is 0.122 e. The first-order valence-corrected chi connectivity index (χ1v) is 5.39. The molecule has 4 heteroatoms. The van der Waals surface area contributed by atoms with E-state index in [9.17, 15) is 5.11 Å². The van der Waals surface area contributed by atoms with E-state index >= 15 is 0 Å². The van der Waals surface area contributed by atoms with Crippen molar-refractivity contribution in [2.24, 2.45) is 5.84 Å². The molecule has 0 radical (unpaired) electrons. The van der Waals surface area contributed by atoms with Crippen molar-refractivity contribution in [2.75, 3.05) is 13.7 Å². The van der Waals surface area contributed by atoms with Crippen LogP contribution in [0.3, 0.4) is 0 Å². The van der Waals surface area contributed by atoms with Crippen LogP contribution in [0.4, 0.5) is 0 Å². The van der Waals surface area contributed by atoms with Crippen LogP contribution in [-0.2, 0) is 0 Å². The SMILES string of the molecule is COc1ccc(C(O)CNN)cc1C(C)C. The Morgan fingerprint density at radius 2 is 2.12 bits per heavy atom. The van der Waals surface area contributed by atoms with Gasteiger partial charge < -0.3 is 9.84 Å². The summed E-state index contributed by atoms with van der Waals surface area (Å²) in [4.78, 5) is 0. The topological polar surface area (TPSA) is 67.5 Å². The van der Waals surface area contributed by atoms with E-state index in [1.807, 2.05) is 18.2 Å². The van der Waals surface area contributed by atoms with Gasteiger partial charge in [0.2, 0.25) is 0 Å². The zero-order chi connectivity index (χ0) is 12.1. The quantitative estimate of drug-likeness (QED) is 0.521. The van der Waals surface area contributed by atoms with E-state index in [2.05, 4.69) is 19.3 Å². The number of aliphatic hydroxyl groups is 1. The fourth-order valence-corrected chi connectivity index (χ4v) is 1.64. The third-order valence-corrected chi connectivity index (χ3v) is 2.57. The van der Waals surface area contributed by atoms with Gasteiger partial charge in [0.25, 0.3) is 0 Å². The molecule has 0 amide bonds. The van der Waals surface area contributed by atoms with Gasteiger partial charge in [-0.15, -0.1) is 0 Å². The minimum absolute atomic E-state index is 0.337. The maximum absolute atomic E-state index is 9.81. The Kier molecular flexibility index (Phi) is 4.73. The molecule has 1 unspecified atom stereocenters. The molecule has 0 saturated heterocycles. The van der Waals surface area contributed by atoms with Gasteiger partial charge in [-0.3, -0.25) is 11.3 Å². The predicted molar refractivity (Wildman–Crippen MR) is 64.2 cm³/mol. The van der Waals surface area contributed by atoms with Gasteiger partial charge in [0.1, 0.15) is 5.75 Å². The Bertz CT molecular complexity index is 340. The maximum atomic E-state index is 9.81. The van der Waals surface area contributed by atoms with Gasteiger partial charge >= 0.3 is 0 Å². The largest absolute Gasteiger partial charge is 0.496 e. The summed E-state index contributed by atoms with van der Waals surface area (Å²) in [5, 5.41) is 9.81. The zero-order valence-corrected chi connectivity index (χ0v) is 10.0. The highest BCUT2D eigenvalue weighted by atomic mass is 16.5. The monoisotopic (exact) mass is 224 g/mol. The van der Waals surface area contributed by atoms with E-state index in [1.165, 1.54) is 0 Å². The minimum atomic E-state index is -0.589. The van der Waals surface area contributed by atoms with Crippen molar-refractivity contribution in [3.8, 4) is 5.75 Å². The zero-order valence-electron chi connectivity index (χ0n) is 10.0. The van der Waals surface area contributed by atoms with E-state index in [4.69, 9.17) is 10.6 Å². The molecule has 4 nitrogen and oxygen atoms in total. The normalized spacial score (nSPS) is 12.9. The van der Waals surface area contributed by atoms with E-state index in [0.29, 0.717) is 12.5 Å². The van der Waals surface area contributed by atoms with Crippen molar-refractivity contribution >= 4 is 0 Å². The van der Waals surface area contributed by atoms with Crippen molar-refractivity contribution in [3.63, 3.8) is 0 Å². The van der Waals surface area contributed by atoms with Crippen molar-refractivity contribution < 1.29 is 9.84 Å². The van der Waals surface area contributed by atoms with Gasteiger partial charge in [-0.2, -0.15) is 0 Å². The van der Waals surface area contributed by atoms with Gasteiger partial charge in [-0.05, 0) is 29.2 Å². The number of ether oxygens (including phenoxy) is 1. The first-order chi connectivity index (χ1) is 7.60. The predicted octanol–water partition coefficient (Wildman–Crippen LogP) is 1.32.